The van der Waals surface area contributed by atoms with E-state index in [1.54, 1.807) is 0 Å². The summed E-state index contributed by atoms with van der Waals surface area (Å²) in [5.74, 6) is 0.00311. The number of carbonyl (C=O) groups is 1. The second-order valence-electron chi connectivity index (χ2n) is 6.41. The van der Waals surface area contributed by atoms with Crippen LogP contribution < -0.4 is 10.1 Å². The molecule has 0 aromatic heterocycles. The zero-order valence-electron chi connectivity index (χ0n) is 14.3. The molecule has 1 aliphatic rings. The highest BCUT2D eigenvalue weighted by molar-refractivity contribution is 5.71. The van der Waals surface area contributed by atoms with Gasteiger partial charge in [-0.2, -0.15) is 0 Å². The number of nitrogens with one attached hydrogen (secondary N) is 1. The minimum atomic E-state index is -0.385. The zero-order chi connectivity index (χ0) is 17.6. The maximum atomic E-state index is 13.0. The second-order valence-corrected chi connectivity index (χ2v) is 6.41. The molecule has 1 saturated heterocycles. The van der Waals surface area contributed by atoms with E-state index in [9.17, 15) is 9.18 Å². The molecule has 2 atom stereocenters. The second kappa shape index (κ2) is 8.12. The maximum absolute atomic E-state index is 13.0. The number of nitrogens with zero attached hydrogens (tertiary/aromatic N) is 1. The molecule has 1 fully saturated rings. The monoisotopic (exact) mass is 342 g/mol. The van der Waals surface area contributed by atoms with E-state index in [2.05, 4.69) is 17.4 Å². The van der Waals surface area contributed by atoms with Gasteiger partial charge in [0.15, 0.2) is 0 Å². The van der Waals surface area contributed by atoms with Crippen molar-refractivity contribution in [3.05, 3.63) is 66.0 Å². The summed E-state index contributed by atoms with van der Waals surface area (Å²) in [4.78, 5) is 14.6. The van der Waals surface area contributed by atoms with Crippen LogP contribution in [0.25, 0.3) is 0 Å². The number of benzene rings is 2. The number of amides is 1. The maximum Gasteiger partial charge on any atom is 0.415 e. The molecule has 0 radical (unpaired) electrons. The molecular formula is C20H23FN2O2. The van der Waals surface area contributed by atoms with Gasteiger partial charge >= 0.3 is 6.09 Å². The Labute approximate surface area is 147 Å². The lowest BCUT2D eigenvalue weighted by Gasteiger charge is -2.33. The zero-order valence-corrected chi connectivity index (χ0v) is 14.3. The van der Waals surface area contributed by atoms with Gasteiger partial charge in [0.05, 0.1) is 0 Å². The van der Waals surface area contributed by atoms with Crippen molar-refractivity contribution in [2.45, 2.75) is 31.8 Å². The normalized spacial score (nSPS) is 17.9. The van der Waals surface area contributed by atoms with Gasteiger partial charge < -0.3 is 15.0 Å². The van der Waals surface area contributed by atoms with Crippen LogP contribution in [0.15, 0.2) is 54.6 Å². The van der Waals surface area contributed by atoms with Crippen LogP contribution in [-0.2, 0) is 6.42 Å². The molecule has 0 aliphatic carbocycles. The standard InChI is InChI=1S/C20H23FN2O2/c1-15(13-16-5-3-2-4-6-16)23(18-11-12-22-14-18)20(24)25-19-9-7-17(21)8-10-19/h2-10,15,18,22H,11-14H2,1H3. The topological polar surface area (TPSA) is 41.6 Å². The van der Waals surface area contributed by atoms with E-state index in [1.807, 2.05) is 30.0 Å². The van der Waals surface area contributed by atoms with Crippen LogP contribution in [0.5, 0.6) is 5.75 Å². The SMILES string of the molecule is CC(Cc1ccccc1)N(C(=O)Oc1ccc(F)cc1)C1CCNC1. The van der Waals surface area contributed by atoms with Crippen LogP contribution in [-0.4, -0.2) is 36.2 Å². The average molecular weight is 342 g/mol. The van der Waals surface area contributed by atoms with Crippen LogP contribution in [0.3, 0.4) is 0 Å². The highest BCUT2D eigenvalue weighted by Gasteiger charge is 2.32. The quantitative estimate of drug-likeness (QED) is 0.902. The van der Waals surface area contributed by atoms with Crippen molar-refractivity contribution >= 4 is 6.09 Å². The Hall–Kier alpha value is -2.40. The molecule has 4 nitrogen and oxygen atoms in total. The summed E-state index contributed by atoms with van der Waals surface area (Å²) in [6, 6.07) is 15.7. The van der Waals surface area contributed by atoms with E-state index in [0.29, 0.717) is 5.75 Å². The fraction of sp³-hybridized carbons (Fsp3) is 0.350. The van der Waals surface area contributed by atoms with E-state index in [-0.39, 0.29) is 24.0 Å². The van der Waals surface area contributed by atoms with Gasteiger partial charge in [-0.1, -0.05) is 30.3 Å². The van der Waals surface area contributed by atoms with Crippen LogP contribution >= 0.6 is 0 Å². The van der Waals surface area contributed by atoms with Crippen molar-refractivity contribution in [3.63, 3.8) is 0 Å². The first-order valence-electron chi connectivity index (χ1n) is 8.64. The van der Waals surface area contributed by atoms with Crippen LogP contribution in [0, 0.1) is 5.82 Å². The lowest BCUT2D eigenvalue weighted by molar-refractivity contribution is 0.113. The van der Waals surface area contributed by atoms with Gasteiger partial charge in [-0.25, -0.2) is 9.18 Å². The number of hydrogen-bond donors (Lipinski definition) is 1. The van der Waals surface area contributed by atoms with Crippen molar-refractivity contribution in [1.82, 2.24) is 10.2 Å². The van der Waals surface area contributed by atoms with Gasteiger partial charge in [-0.15, -0.1) is 0 Å². The van der Waals surface area contributed by atoms with E-state index in [0.717, 1.165) is 25.9 Å². The van der Waals surface area contributed by atoms with Gasteiger partial charge in [-0.05, 0) is 56.1 Å². The fourth-order valence-corrected chi connectivity index (χ4v) is 3.28. The number of rotatable bonds is 5. The molecule has 1 aliphatic heterocycles. The van der Waals surface area contributed by atoms with Crippen molar-refractivity contribution in [1.29, 1.82) is 0 Å². The lowest BCUT2D eigenvalue weighted by atomic mass is 10.0. The van der Waals surface area contributed by atoms with E-state index >= 15 is 0 Å². The third kappa shape index (κ3) is 4.57. The van der Waals surface area contributed by atoms with Gasteiger partial charge in [0.25, 0.3) is 0 Å². The number of carbonyl (C=O) groups excluding carboxylic acids is 1. The Morgan fingerprint density at radius 1 is 1.24 bits per heavy atom. The van der Waals surface area contributed by atoms with Crippen LogP contribution in [0.2, 0.25) is 0 Å². The Kier molecular flexibility index (Phi) is 5.66. The first kappa shape index (κ1) is 17.4. The Morgan fingerprint density at radius 2 is 1.96 bits per heavy atom. The van der Waals surface area contributed by atoms with Gasteiger partial charge in [0.1, 0.15) is 11.6 Å². The molecule has 0 saturated carbocycles. The summed E-state index contributed by atoms with van der Waals surface area (Å²) in [6.45, 7) is 3.69. The third-order valence-electron chi connectivity index (χ3n) is 4.51. The van der Waals surface area contributed by atoms with Gasteiger partial charge in [0.2, 0.25) is 0 Å². The van der Waals surface area contributed by atoms with Crippen LogP contribution in [0.4, 0.5) is 9.18 Å². The largest absolute Gasteiger partial charge is 0.415 e. The summed E-state index contributed by atoms with van der Waals surface area (Å²) in [5, 5.41) is 3.30. The molecule has 1 N–H and O–H groups in total. The molecule has 25 heavy (non-hydrogen) atoms. The third-order valence-corrected chi connectivity index (χ3v) is 4.51. The average Bonchev–Trinajstić information content (AvgIpc) is 3.12. The molecule has 0 bridgehead atoms. The molecule has 3 rings (SSSR count). The first-order valence-corrected chi connectivity index (χ1v) is 8.64. The van der Waals surface area contributed by atoms with Gasteiger partial charge in [0, 0.05) is 18.6 Å². The summed E-state index contributed by atoms with van der Waals surface area (Å²) < 4.78 is 18.5. The molecule has 0 spiro atoms. The Bertz CT molecular complexity index is 685. The Balaban J connectivity index is 1.73. The molecule has 1 heterocycles. The minimum Gasteiger partial charge on any atom is -0.410 e. The van der Waals surface area contributed by atoms with Crippen LogP contribution in [0.1, 0.15) is 18.9 Å². The molecular weight excluding hydrogens is 319 g/mol. The molecule has 132 valence electrons. The van der Waals surface area contributed by atoms with E-state index in [1.165, 1.54) is 29.8 Å². The predicted molar refractivity (Wildman–Crippen MR) is 95.1 cm³/mol. The first-order chi connectivity index (χ1) is 12.1. The molecule has 5 heteroatoms. The molecule has 2 aromatic rings. The van der Waals surface area contributed by atoms with Crippen molar-refractivity contribution in [2.24, 2.45) is 0 Å². The predicted octanol–water partition coefficient (Wildman–Crippen LogP) is 3.62. The summed E-state index contributed by atoms with van der Waals surface area (Å²) in [5.41, 5.74) is 1.18. The Morgan fingerprint density at radius 3 is 2.60 bits per heavy atom. The highest BCUT2D eigenvalue weighted by Crippen LogP contribution is 2.20. The lowest BCUT2D eigenvalue weighted by Crippen LogP contribution is -2.49. The van der Waals surface area contributed by atoms with E-state index < -0.39 is 0 Å². The van der Waals surface area contributed by atoms with Crippen molar-refractivity contribution < 1.29 is 13.9 Å². The summed E-state index contributed by atoms with van der Waals surface area (Å²) >= 11 is 0. The molecule has 2 aromatic carbocycles. The molecule has 2 unspecified atom stereocenters. The number of halogens is 1. The summed E-state index contributed by atoms with van der Waals surface area (Å²) in [7, 11) is 0. The number of ether oxygens (including phenoxy) is 1. The smallest absolute Gasteiger partial charge is 0.410 e. The van der Waals surface area contributed by atoms with Crippen molar-refractivity contribution in [2.75, 3.05) is 13.1 Å². The molecule has 1 amide bonds. The van der Waals surface area contributed by atoms with Crippen molar-refractivity contribution in [3.8, 4) is 5.75 Å². The van der Waals surface area contributed by atoms with E-state index in [4.69, 9.17) is 4.74 Å². The van der Waals surface area contributed by atoms with Gasteiger partial charge in [-0.3, -0.25) is 0 Å². The fourth-order valence-electron chi connectivity index (χ4n) is 3.28. The minimum absolute atomic E-state index is 0.000230. The highest BCUT2D eigenvalue weighted by atomic mass is 19.1. The number of hydrogen-bond acceptors (Lipinski definition) is 3. The summed E-state index contributed by atoms with van der Waals surface area (Å²) in [6.07, 6.45) is 1.27.